The molecular weight excluding hydrogens is 328 g/mol. The molecule has 0 unspecified atom stereocenters. The first-order chi connectivity index (χ1) is 12.7. The molecule has 0 atom stereocenters. The van der Waals surface area contributed by atoms with E-state index in [4.69, 9.17) is 5.11 Å². The Hall–Kier alpha value is -1.30. The van der Waals surface area contributed by atoms with Crippen molar-refractivity contribution in [2.45, 2.75) is 103 Å². The number of hydrogen-bond donors (Lipinski definition) is 4. The van der Waals surface area contributed by atoms with E-state index in [1.165, 1.54) is 77.0 Å². The Morgan fingerprint density at radius 2 is 1.38 bits per heavy atom. The van der Waals surface area contributed by atoms with Gasteiger partial charge in [0.05, 0.1) is 5.41 Å². The molecule has 0 saturated heterocycles. The number of nitrogens with zero attached hydrogens (tertiary/aromatic N) is 1. The number of amidine groups is 1. The number of unbranched alkanes of at least 4 members (excludes halogenated alkanes) is 9. The Morgan fingerprint density at radius 3 is 1.81 bits per heavy atom. The van der Waals surface area contributed by atoms with Crippen molar-refractivity contribution in [1.82, 2.24) is 16.5 Å². The average molecular weight is 365 g/mol. The maximum Gasteiger partial charge on any atom is 0.309 e. The number of hydrazine groups is 2. The average Bonchev–Trinajstić information content (AvgIpc) is 3.54. The monoisotopic (exact) mass is 364 g/mol. The number of carboxylic acids is 1. The molecule has 0 aromatic heterocycles. The minimum Gasteiger partial charge on any atom is -0.481 e. The molecule has 0 radical (unpaired) electrons. The van der Waals surface area contributed by atoms with Gasteiger partial charge in [-0.15, -0.1) is 10.6 Å². The van der Waals surface area contributed by atoms with E-state index in [1.54, 1.807) is 0 Å². The van der Waals surface area contributed by atoms with Gasteiger partial charge in [-0.1, -0.05) is 64.2 Å². The normalized spacial score (nSPS) is 21.6. The van der Waals surface area contributed by atoms with Crippen LogP contribution in [-0.2, 0) is 4.79 Å². The second kappa shape index (κ2) is 9.07. The summed E-state index contributed by atoms with van der Waals surface area (Å²) >= 11 is 0. The number of hydrogen-bond acceptors (Lipinski definition) is 5. The van der Waals surface area contributed by atoms with Crippen LogP contribution < -0.4 is 16.5 Å². The number of carbonyl (C=O) groups is 1. The van der Waals surface area contributed by atoms with Crippen molar-refractivity contribution in [3.8, 4) is 0 Å². The summed E-state index contributed by atoms with van der Waals surface area (Å²) in [7, 11) is 0. The highest BCUT2D eigenvalue weighted by atomic mass is 16.4. The second-order valence-corrected chi connectivity index (χ2v) is 8.72. The van der Waals surface area contributed by atoms with Crippen LogP contribution in [0.25, 0.3) is 0 Å². The molecule has 6 nitrogen and oxygen atoms in total. The van der Waals surface area contributed by atoms with Gasteiger partial charge < -0.3 is 5.11 Å². The van der Waals surface area contributed by atoms with Gasteiger partial charge in [-0.2, -0.15) is 0 Å². The first kappa shape index (κ1) is 19.5. The molecule has 26 heavy (non-hydrogen) atoms. The Kier molecular flexibility index (Phi) is 6.79. The molecule has 3 rings (SSSR count). The summed E-state index contributed by atoms with van der Waals surface area (Å²) in [6, 6.07) is 0. The van der Waals surface area contributed by atoms with Crippen LogP contribution in [0.2, 0.25) is 0 Å². The second-order valence-electron chi connectivity index (χ2n) is 8.72. The fraction of sp³-hybridized carbons (Fsp3) is 0.900. The summed E-state index contributed by atoms with van der Waals surface area (Å²) in [6.07, 6.45) is 19.5. The zero-order valence-electron chi connectivity index (χ0n) is 16.1. The molecule has 0 bridgehead atoms. The minimum atomic E-state index is -0.564. The molecule has 2 aliphatic carbocycles. The number of rotatable bonds is 15. The van der Waals surface area contributed by atoms with Gasteiger partial charge in [0.15, 0.2) is 0 Å². The van der Waals surface area contributed by atoms with Crippen molar-refractivity contribution >= 4 is 11.8 Å². The minimum absolute atomic E-state index is 0.313. The third kappa shape index (κ3) is 5.35. The van der Waals surface area contributed by atoms with Crippen LogP contribution in [0.1, 0.15) is 103 Å². The predicted octanol–water partition coefficient (Wildman–Crippen LogP) is 4.24. The molecule has 0 aromatic rings. The summed E-state index contributed by atoms with van der Waals surface area (Å²) < 4.78 is 0. The largest absolute Gasteiger partial charge is 0.481 e. The SMILES string of the molecule is O=C(O)C1(CCCCCCCCCCCCC2(C3=NNNN3)CC2)CC1. The van der Waals surface area contributed by atoms with Gasteiger partial charge in [0.2, 0.25) is 0 Å². The predicted molar refractivity (Wildman–Crippen MR) is 103 cm³/mol. The van der Waals surface area contributed by atoms with Crippen molar-refractivity contribution in [2.24, 2.45) is 15.9 Å². The van der Waals surface area contributed by atoms with Crippen LogP contribution in [0.3, 0.4) is 0 Å². The lowest BCUT2D eigenvalue weighted by atomic mass is 9.96. The topological polar surface area (TPSA) is 85.8 Å². The highest BCUT2D eigenvalue weighted by Gasteiger charge is 2.49. The number of hydrazone groups is 1. The van der Waals surface area contributed by atoms with Crippen LogP contribution in [0, 0.1) is 10.8 Å². The number of carboxylic acid groups (broad SMARTS) is 1. The van der Waals surface area contributed by atoms with Gasteiger partial charge in [0.25, 0.3) is 0 Å². The van der Waals surface area contributed by atoms with Gasteiger partial charge in [-0.25, -0.2) is 5.53 Å². The Bertz CT molecular complexity index is 498. The summed E-state index contributed by atoms with van der Waals surface area (Å²) in [5.74, 6) is 0.541. The third-order valence-corrected chi connectivity index (χ3v) is 6.63. The lowest BCUT2D eigenvalue weighted by molar-refractivity contribution is -0.143. The quantitative estimate of drug-likeness (QED) is 0.327. The molecule has 0 amide bonds. The van der Waals surface area contributed by atoms with Crippen molar-refractivity contribution in [2.75, 3.05) is 0 Å². The fourth-order valence-electron chi connectivity index (χ4n) is 4.27. The standard InChI is InChI=1S/C20H36N4O2/c25-18(26)20(15-16-20)12-10-8-6-4-2-1-3-5-7-9-11-19(13-14-19)17-21-23-24-22-17/h23-24H,1-16H2,(H,21,22)(H,25,26). The molecule has 0 aromatic carbocycles. The van der Waals surface area contributed by atoms with Gasteiger partial charge in [0.1, 0.15) is 5.84 Å². The van der Waals surface area contributed by atoms with Crippen LogP contribution in [0.4, 0.5) is 0 Å². The zero-order chi connectivity index (χ0) is 18.3. The van der Waals surface area contributed by atoms with Gasteiger partial charge in [0, 0.05) is 5.41 Å². The summed E-state index contributed by atoms with van der Waals surface area (Å²) in [4.78, 5) is 11.1. The lowest BCUT2D eigenvalue weighted by Crippen LogP contribution is -2.38. The van der Waals surface area contributed by atoms with Crippen molar-refractivity contribution < 1.29 is 9.90 Å². The molecule has 1 heterocycles. The Morgan fingerprint density at radius 1 is 0.846 bits per heavy atom. The summed E-state index contributed by atoms with van der Waals surface area (Å²) in [6.45, 7) is 0. The van der Waals surface area contributed by atoms with E-state index in [0.717, 1.165) is 31.5 Å². The Balaban J connectivity index is 1.08. The molecular formula is C20H36N4O2. The smallest absolute Gasteiger partial charge is 0.309 e. The molecule has 2 saturated carbocycles. The van der Waals surface area contributed by atoms with E-state index < -0.39 is 5.97 Å². The van der Waals surface area contributed by atoms with E-state index in [9.17, 15) is 4.79 Å². The van der Waals surface area contributed by atoms with E-state index in [2.05, 4.69) is 21.6 Å². The van der Waals surface area contributed by atoms with E-state index in [0.29, 0.717) is 5.41 Å². The van der Waals surface area contributed by atoms with Gasteiger partial charge >= 0.3 is 5.97 Å². The maximum absolute atomic E-state index is 11.1. The van der Waals surface area contributed by atoms with Crippen molar-refractivity contribution in [3.05, 3.63) is 0 Å². The van der Waals surface area contributed by atoms with E-state index >= 15 is 0 Å². The Labute approximate surface area is 157 Å². The summed E-state index contributed by atoms with van der Waals surface area (Å²) in [5.41, 5.74) is 8.78. The molecule has 6 heteroatoms. The van der Waals surface area contributed by atoms with E-state index in [-0.39, 0.29) is 5.41 Å². The van der Waals surface area contributed by atoms with Crippen LogP contribution >= 0.6 is 0 Å². The first-order valence-electron chi connectivity index (χ1n) is 10.7. The summed E-state index contributed by atoms with van der Waals surface area (Å²) in [5, 5.41) is 13.4. The molecule has 2 fully saturated rings. The van der Waals surface area contributed by atoms with Gasteiger partial charge in [-0.05, 0) is 38.5 Å². The highest BCUT2D eigenvalue weighted by molar-refractivity contribution is 5.90. The number of nitrogens with one attached hydrogen (secondary N) is 3. The van der Waals surface area contributed by atoms with Crippen LogP contribution in [0.15, 0.2) is 5.10 Å². The van der Waals surface area contributed by atoms with Gasteiger partial charge in [-0.3, -0.25) is 10.2 Å². The first-order valence-corrected chi connectivity index (χ1v) is 10.7. The maximum atomic E-state index is 11.1. The zero-order valence-corrected chi connectivity index (χ0v) is 16.1. The van der Waals surface area contributed by atoms with Crippen LogP contribution in [-0.4, -0.2) is 16.9 Å². The molecule has 0 spiro atoms. The third-order valence-electron chi connectivity index (χ3n) is 6.63. The molecule has 1 aliphatic heterocycles. The lowest BCUT2D eigenvalue weighted by Gasteiger charge is -2.13. The number of aliphatic carboxylic acids is 1. The highest BCUT2D eigenvalue weighted by Crippen LogP contribution is 2.51. The molecule has 4 N–H and O–H groups in total. The molecule has 3 aliphatic rings. The molecule has 148 valence electrons. The van der Waals surface area contributed by atoms with E-state index in [1.807, 2.05) is 0 Å². The van der Waals surface area contributed by atoms with Crippen LogP contribution in [0.5, 0.6) is 0 Å². The fourth-order valence-corrected chi connectivity index (χ4v) is 4.27. The van der Waals surface area contributed by atoms with Crippen molar-refractivity contribution in [3.63, 3.8) is 0 Å². The van der Waals surface area contributed by atoms with Crippen molar-refractivity contribution in [1.29, 1.82) is 0 Å².